The van der Waals surface area contributed by atoms with E-state index >= 15 is 0 Å². The molecule has 6 nitrogen and oxygen atoms in total. The van der Waals surface area contributed by atoms with Gasteiger partial charge < -0.3 is 20.1 Å². The first-order valence-electron chi connectivity index (χ1n) is 11.7. The number of nitrogens with one attached hydrogen (secondary N) is 2. The SMILES string of the molecule is Cc1cccc(NC(=O)CCN2C(=S)N[C@H](c3ccccn3)[C@@H]2c2cccn2-c2ccccc2)c1. The maximum Gasteiger partial charge on any atom is 0.226 e. The Morgan fingerprint density at radius 3 is 2.63 bits per heavy atom. The molecule has 0 saturated carbocycles. The molecule has 1 aliphatic heterocycles. The molecule has 1 amide bonds. The van der Waals surface area contributed by atoms with E-state index in [9.17, 15) is 4.79 Å². The topological polar surface area (TPSA) is 62.2 Å². The van der Waals surface area contributed by atoms with Crippen LogP contribution in [0.15, 0.2) is 97.3 Å². The minimum absolute atomic E-state index is 0.0446. The molecule has 4 aromatic rings. The van der Waals surface area contributed by atoms with E-state index in [1.807, 2.05) is 73.7 Å². The number of thiocarbonyl (C=S) groups is 1. The molecule has 1 aliphatic rings. The smallest absolute Gasteiger partial charge is 0.226 e. The molecule has 176 valence electrons. The molecule has 2 aromatic carbocycles. The van der Waals surface area contributed by atoms with Gasteiger partial charge in [0, 0.05) is 42.4 Å². The summed E-state index contributed by atoms with van der Waals surface area (Å²) in [7, 11) is 0. The molecular weight excluding hydrogens is 454 g/mol. The monoisotopic (exact) mass is 481 g/mol. The third-order valence-corrected chi connectivity index (χ3v) is 6.55. The van der Waals surface area contributed by atoms with Gasteiger partial charge in [0.05, 0.1) is 17.8 Å². The lowest BCUT2D eigenvalue weighted by atomic mass is 10.0. The molecule has 0 radical (unpaired) electrons. The minimum Gasteiger partial charge on any atom is -0.352 e. The predicted molar refractivity (Wildman–Crippen MR) is 142 cm³/mol. The highest BCUT2D eigenvalue weighted by atomic mass is 32.1. The summed E-state index contributed by atoms with van der Waals surface area (Å²) in [6.45, 7) is 2.49. The zero-order valence-electron chi connectivity index (χ0n) is 19.5. The number of aryl methyl sites for hydroxylation is 1. The Kier molecular flexibility index (Phi) is 6.59. The quantitative estimate of drug-likeness (QED) is 0.356. The Hall–Kier alpha value is -3.97. The summed E-state index contributed by atoms with van der Waals surface area (Å²) < 4.78 is 2.18. The van der Waals surface area contributed by atoms with Gasteiger partial charge in [-0.15, -0.1) is 0 Å². The molecule has 2 N–H and O–H groups in total. The van der Waals surface area contributed by atoms with Crippen LogP contribution in [0.1, 0.15) is 35.5 Å². The summed E-state index contributed by atoms with van der Waals surface area (Å²) >= 11 is 5.77. The second-order valence-electron chi connectivity index (χ2n) is 8.63. The Labute approximate surface area is 210 Å². The number of hydrogen-bond donors (Lipinski definition) is 2. The van der Waals surface area contributed by atoms with Gasteiger partial charge in [-0.2, -0.15) is 0 Å². The standard InChI is InChI=1S/C28H27N5OS/c1-20-9-7-10-21(19-20)30-25(34)15-18-33-27(26(31-28(33)35)23-13-5-6-16-29-23)24-14-8-17-32(24)22-11-3-2-4-12-22/h2-14,16-17,19,26-27H,15,18H2,1H3,(H,30,34)(H,31,35)/t26-,27+/m1/s1. The van der Waals surface area contributed by atoms with Crippen LogP contribution in [0.5, 0.6) is 0 Å². The first-order valence-corrected chi connectivity index (χ1v) is 12.1. The largest absolute Gasteiger partial charge is 0.352 e. The molecule has 7 heteroatoms. The van der Waals surface area contributed by atoms with Gasteiger partial charge in [0.15, 0.2) is 5.11 Å². The van der Waals surface area contributed by atoms with Crippen molar-refractivity contribution in [1.29, 1.82) is 0 Å². The van der Waals surface area contributed by atoms with Crippen LogP contribution in [0.4, 0.5) is 5.69 Å². The zero-order valence-corrected chi connectivity index (χ0v) is 20.3. The lowest BCUT2D eigenvalue weighted by Crippen LogP contribution is -2.33. The number of rotatable bonds is 7. The van der Waals surface area contributed by atoms with Crippen molar-refractivity contribution in [2.75, 3.05) is 11.9 Å². The highest BCUT2D eigenvalue weighted by Gasteiger charge is 2.41. The van der Waals surface area contributed by atoms with Gasteiger partial charge in [0.25, 0.3) is 0 Å². The molecule has 3 heterocycles. The average Bonchev–Trinajstić information content (AvgIpc) is 3.48. The van der Waals surface area contributed by atoms with Gasteiger partial charge in [0.2, 0.25) is 5.91 Å². The summed E-state index contributed by atoms with van der Waals surface area (Å²) in [5.74, 6) is -0.0446. The molecule has 1 saturated heterocycles. The zero-order chi connectivity index (χ0) is 24.2. The van der Waals surface area contributed by atoms with Crippen molar-refractivity contribution < 1.29 is 4.79 Å². The van der Waals surface area contributed by atoms with E-state index < -0.39 is 0 Å². The molecule has 2 aromatic heterocycles. The number of pyridine rings is 1. The van der Waals surface area contributed by atoms with Crippen molar-refractivity contribution in [2.24, 2.45) is 0 Å². The summed E-state index contributed by atoms with van der Waals surface area (Å²) in [6.07, 6.45) is 4.17. The van der Waals surface area contributed by atoms with Crippen LogP contribution in [-0.2, 0) is 4.79 Å². The fourth-order valence-electron chi connectivity index (χ4n) is 4.60. The van der Waals surface area contributed by atoms with Gasteiger partial charge in [-0.3, -0.25) is 9.78 Å². The van der Waals surface area contributed by atoms with Crippen molar-refractivity contribution in [1.82, 2.24) is 19.8 Å². The molecule has 0 spiro atoms. The van der Waals surface area contributed by atoms with Crippen molar-refractivity contribution in [2.45, 2.75) is 25.4 Å². The number of nitrogens with zero attached hydrogens (tertiary/aromatic N) is 3. The maximum absolute atomic E-state index is 12.8. The minimum atomic E-state index is -0.138. The number of aromatic nitrogens is 2. The van der Waals surface area contributed by atoms with Crippen LogP contribution in [0.2, 0.25) is 0 Å². The van der Waals surface area contributed by atoms with Crippen LogP contribution in [0.3, 0.4) is 0 Å². The van der Waals surface area contributed by atoms with E-state index in [0.717, 1.165) is 28.3 Å². The summed E-state index contributed by atoms with van der Waals surface area (Å²) in [6, 6.07) is 27.8. The molecule has 0 aliphatic carbocycles. The number of amides is 1. The fraction of sp³-hybridized carbons (Fsp3) is 0.179. The number of benzene rings is 2. The Balaban J connectivity index is 1.43. The number of hydrogen-bond acceptors (Lipinski definition) is 3. The highest BCUT2D eigenvalue weighted by molar-refractivity contribution is 7.80. The summed E-state index contributed by atoms with van der Waals surface area (Å²) in [4.78, 5) is 19.5. The van der Waals surface area contributed by atoms with E-state index in [0.29, 0.717) is 18.1 Å². The highest BCUT2D eigenvalue weighted by Crippen LogP contribution is 2.39. The molecule has 2 atom stereocenters. The molecule has 5 rings (SSSR count). The lowest BCUT2D eigenvalue weighted by molar-refractivity contribution is -0.116. The predicted octanol–water partition coefficient (Wildman–Crippen LogP) is 5.18. The van der Waals surface area contributed by atoms with Crippen LogP contribution in [0.25, 0.3) is 5.69 Å². The molecule has 1 fully saturated rings. The first kappa shape index (κ1) is 22.8. The third-order valence-electron chi connectivity index (χ3n) is 6.20. The third kappa shape index (κ3) is 4.95. The van der Waals surface area contributed by atoms with Crippen molar-refractivity contribution in [3.05, 3.63) is 114 Å². The summed E-state index contributed by atoms with van der Waals surface area (Å²) in [5, 5.41) is 7.09. The van der Waals surface area contributed by atoms with E-state index in [1.165, 1.54) is 0 Å². The number of anilines is 1. The molecular formula is C28H27N5OS. The van der Waals surface area contributed by atoms with Crippen LogP contribution in [0, 0.1) is 6.92 Å². The Bertz CT molecular complexity index is 1320. The van der Waals surface area contributed by atoms with Crippen molar-refractivity contribution in [3.8, 4) is 5.69 Å². The molecule has 0 unspecified atom stereocenters. The first-order chi connectivity index (χ1) is 17.1. The van der Waals surface area contributed by atoms with Gasteiger partial charge in [-0.05, 0) is 73.2 Å². The average molecular weight is 482 g/mol. The van der Waals surface area contributed by atoms with Crippen LogP contribution < -0.4 is 10.6 Å². The Morgan fingerprint density at radius 1 is 1.03 bits per heavy atom. The van der Waals surface area contributed by atoms with E-state index in [1.54, 1.807) is 6.20 Å². The van der Waals surface area contributed by atoms with Crippen molar-refractivity contribution >= 4 is 28.9 Å². The van der Waals surface area contributed by atoms with E-state index in [2.05, 4.69) is 49.5 Å². The maximum atomic E-state index is 12.8. The fourth-order valence-corrected chi connectivity index (χ4v) is 4.93. The number of carbonyl (C=O) groups excluding carboxylic acids is 1. The summed E-state index contributed by atoms with van der Waals surface area (Å²) in [5.41, 5.74) is 4.97. The van der Waals surface area contributed by atoms with Gasteiger partial charge in [-0.1, -0.05) is 36.4 Å². The number of carbonyl (C=O) groups is 1. The van der Waals surface area contributed by atoms with Crippen molar-refractivity contribution in [3.63, 3.8) is 0 Å². The van der Waals surface area contributed by atoms with Gasteiger partial charge in [-0.25, -0.2) is 0 Å². The second-order valence-corrected chi connectivity index (χ2v) is 9.01. The molecule has 0 bridgehead atoms. The Morgan fingerprint density at radius 2 is 1.86 bits per heavy atom. The number of para-hydroxylation sites is 1. The molecule has 35 heavy (non-hydrogen) atoms. The lowest BCUT2D eigenvalue weighted by Gasteiger charge is -2.28. The van der Waals surface area contributed by atoms with Gasteiger partial charge in [0.1, 0.15) is 0 Å². The normalized spacial score (nSPS) is 17.3. The van der Waals surface area contributed by atoms with E-state index in [4.69, 9.17) is 12.2 Å². The van der Waals surface area contributed by atoms with E-state index in [-0.39, 0.29) is 18.0 Å². The van der Waals surface area contributed by atoms with Crippen LogP contribution >= 0.6 is 12.2 Å². The van der Waals surface area contributed by atoms with Crippen LogP contribution in [-0.4, -0.2) is 32.0 Å². The second kappa shape index (κ2) is 10.1. The van der Waals surface area contributed by atoms with Gasteiger partial charge >= 0.3 is 0 Å².